The zero-order chi connectivity index (χ0) is 11.1. The number of hydrogen-bond donors (Lipinski definition) is 0. The molecule has 0 saturated heterocycles. The van der Waals surface area contributed by atoms with Crippen LogP contribution in [0.15, 0.2) is 18.3 Å². The Morgan fingerprint density at radius 3 is 3.00 bits per heavy atom. The number of halogens is 2. The Balaban J connectivity index is 2.21. The predicted octanol–water partition coefficient (Wildman–Crippen LogP) is 3.85. The predicted molar refractivity (Wildman–Crippen MR) is 73.8 cm³/mol. The molecule has 16 heavy (non-hydrogen) atoms. The van der Waals surface area contributed by atoms with Crippen LogP contribution < -0.4 is 0 Å². The molecule has 2 aromatic heterocycles. The fourth-order valence-electron chi connectivity index (χ4n) is 1.99. The molecule has 2 aromatic rings. The Kier molecular flexibility index (Phi) is 2.63. The van der Waals surface area contributed by atoms with Crippen molar-refractivity contribution >= 4 is 51.1 Å². The fourth-order valence-corrected chi connectivity index (χ4v) is 3.03. The van der Waals surface area contributed by atoms with E-state index in [1.54, 1.807) is 0 Å². The third-order valence-electron chi connectivity index (χ3n) is 2.77. The number of fused-ring (bicyclic) bond motifs is 1. The Morgan fingerprint density at radius 1 is 1.38 bits per heavy atom. The largest absolute Gasteiger partial charge is 0.285 e. The third kappa shape index (κ3) is 1.64. The standard InChI is InChI=1S/C11H9ClIN3/c12-10-9-8(5-6-16(9)13)14-11(15-10)7-3-1-2-4-7/h3,5-6H,1-2,4H2. The van der Waals surface area contributed by atoms with Crippen molar-refractivity contribution < 1.29 is 0 Å². The zero-order valence-corrected chi connectivity index (χ0v) is 11.4. The van der Waals surface area contributed by atoms with Crippen LogP contribution in [0.5, 0.6) is 0 Å². The number of rotatable bonds is 1. The summed E-state index contributed by atoms with van der Waals surface area (Å²) in [6.07, 6.45) is 7.53. The Labute approximate surface area is 112 Å². The summed E-state index contributed by atoms with van der Waals surface area (Å²) >= 11 is 8.36. The number of allylic oxidation sites excluding steroid dienone is 2. The quantitative estimate of drug-likeness (QED) is 0.580. The maximum absolute atomic E-state index is 6.18. The van der Waals surface area contributed by atoms with Gasteiger partial charge in [0.1, 0.15) is 5.52 Å². The highest BCUT2D eigenvalue weighted by molar-refractivity contribution is 14.1. The molecule has 3 rings (SSSR count). The van der Waals surface area contributed by atoms with Gasteiger partial charge in [-0.05, 0) is 30.9 Å². The molecule has 0 aromatic carbocycles. The van der Waals surface area contributed by atoms with Gasteiger partial charge in [0, 0.05) is 6.20 Å². The van der Waals surface area contributed by atoms with Crippen LogP contribution in [0.3, 0.4) is 0 Å². The molecule has 0 radical (unpaired) electrons. The molecule has 1 aliphatic carbocycles. The van der Waals surface area contributed by atoms with Crippen molar-refractivity contribution in [1.82, 2.24) is 12.7 Å². The van der Waals surface area contributed by atoms with Gasteiger partial charge in [-0.15, -0.1) is 0 Å². The van der Waals surface area contributed by atoms with Crippen LogP contribution in [0.2, 0.25) is 5.15 Å². The second kappa shape index (κ2) is 4.00. The average molecular weight is 346 g/mol. The van der Waals surface area contributed by atoms with E-state index in [2.05, 4.69) is 38.9 Å². The lowest BCUT2D eigenvalue weighted by atomic mass is 10.2. The van der Waals surface area contributed by atoms with Crippen molar-refractivity contribution in [2.24, 2.45) is 0 Å². The Bertz CT molecular complexity index is 588. The molecule has 3 nitrogen and oxygen atoms in total. The first kappa shape index (κ1) is 10.5. The molecule has 0 aliphatic heterocycles. The third-order valence-corrected chi connectivity index (χ3v) is 3.84. The van der Waals surface area contributed by atoms with Gasteiger partial charge in [0.25, 0.3) is 0 Å². The highest BCUT2D eigenvalue weighted by Gasteiger charge is 2.14. The summed E-state index contributed by atoms with van der Waals surface area (Å²) < 4.78 is 1.92. The van der Waals surface area contributed by atoms with Crippen molar-refractivity contribution in [3.63, 3.8) is 0 Å². The summed E-state index contributed by atoms with van der Waals surface area (Å²) in [7, 11) is 0. The van der Waals surface area contributed by atoms with Crippen LogP contribution in [0.25, 0.3) is 16.6 Å². The van der Waals surface area contributed by atoms with Gasteiger partial charge in [0.15, 0.2) is 11.0 Å². The van der Waals surface area contributed by atoms with E-state index in [9.17, 15) is 0 Å². The minimum Gasteiger partial charge on any atom is -0.285 e. The highest BCUT2D eigenvalue weighted by atomic mass is 127. The Morgan fingerprint density at radius 2 is 2.25 bits per heavy atom. The Hall–Kier alpha value is -0.620. The summed E-state index contributed by atoms with van der Waals surface area (Å²) in [5, 5.41) is 0.534. The highest BCUT2D eigenvalue weighted by Crippen LogP contribution is 2.29. The first-order valence-corrected chi connectivity index (χ1v) is 6.50. The molecule has 0 amide bonds. The van der Waals surface area contributed by atoms with Crippen LogP contribution in [-0.2, 0) is 0 Å². The van der Waals surface area contributed by atoms with E-state index in [0.29, 0.717) is 5.15 Å². The van der Waals surface area contributed by atoms with Crippen molar-refractivity contribution in [2.75, 3.05) is 0 Å². The summed E-state index contributed by atoms with van der Waals surface area (Å²) in [4.78, 5) is 8.93. The van der Waals surface area contributed by atoms with Gasteiger partial charge in [-0.1, -0.05) is 17.7 Å². The van der Waals surface area contributed by atoms with Gasteiger partial charge in [-0.3, -0.25) is 2.78 Å². The monoisotopic (exact) mass is 345 g/mol. The van der Waals surface area contributed by atoms with Gasteiger partial charge in [-0.2, -0.15) is 0 Å². The van der Waals surface area contributed by atoms with Crippen molar-refractivity contribution in [2.45, 2.75) is 19.3 Å². The van der Waals surface area contributed by atoms with E-state index in [1.807, 2.05) is 15.0 Å². The summed E-state index contributed by atoms with van der Waals surface area (Å²) in [5.74, 6) is 0.789. The topological polar surface area (TPSA) is 30.7 Å². The van der Waals surface area contributed by atoms with E-state index in [4.69, 9.17) is 11.6 Å². The molecule has 0 atom stereocenters. The lowest BCUT2D eigenvalue weighted by molar-refractivity contribution is 0.929. The van der Waals surface area contributed by atoms with E-state index in [0.717, 1.165) is 29.7 Å². The maximum Gasteiger partial charge on any atom is 0.158 e. The van der Waals surface area contributed by atoms with Crippen LogP contribution in [-0.4, -0.2) is 12.7 Å². The van der Waals surface area contributed by atoms with Gasteiger partial charge in [0.05, 0.1) is 28.4 Å². The molecular weight excluding hydrogens is 336 g/mol. The molecule has 0 saturated carbocycles. The van der Waals surface area contributed by atoms with Gasteiger partial charge in [0.2, 0.25) is 0 Å². The normalized spacial score (nSPS) is 15.8. The lowest BCUT2D eigenvalue weighted by Crippen LogP contribution is -1.94. The minimum absolute atomic E-state index is 0.534. The summed E-state index contributed by atoms with van der Waals surface area (Å²) in [5.41, 5.74) is 3.03. The van der Waals surface area contributed by atoms with Gasteiger partial charge in [-0.25, -0.2) is 9.97 Å². The van der Waals surface area contributed by atoms with E-state index < -0.39 is 0 Å². The van der Waals surface area contributed by atoms with Crippen molar-refractivity contribution in [3.8, 4) is 0 Å². The molecule has 0 unspecified atom stereocenters. The zero-order valence-electron chi connectivity index (χ0n) is 8.45. The maximum atomic E-state index is 6.18. The molecule has 82 valence electrons. The second-order valence-electron chi connectivity index (χ2n) is 3.82. The van der Waals surface area contributed by atoms with E-state index >= 15 is 0 Å². The molecule has 5 heteroatoms. The average Bonchev–Trinajstić information content (AvgIpc) is 2.87. The molecule has 1 aliphatic rings. The van der Waals surface area contributed by atoms with Crippen molar-refractivity contribution in [3.05, 3.63) is 29.3 Å². The minimum atomic E-state index is 0.534. The SMILES string of the molecule is Clc1nc(C2=CCCC2)nc2ccn(I)c12. The molecular formula is C11H9ClIN3. The smallest absolute Gasteiger partial charge is 0.158 e. The van der Waals surface area contributed by atoms with Crippen molar-refractivity contribution in [1.29, 1.82) is 0 Å². The summed E-state index contributed by atoms with van der Waals surface area (Å²) in [6.45, 7) is 0. The molecule has 0 fully saturated rings. The summed E-state index contributed by atoms with van der Waals surface area (Å²) in [6, 6.07) is 1.97. The molecule has 0 bridgehead atoms. The first-order valence-electron chi connectivity index (χ1n) is 5.16. The lowest BCUT2D eigenvalue weighted by Gasteiger charge is -2.03. The number of aromatic nitrogens is 3. The van der Waals surface area contributed by atoms with Gasteiger partial charge >= 0.3 is 0 Å². The first-order chi connectivity index (χ1) is 7.75. The number of nitrogens with zero attached hydrogens (tertiary/aromatic N) is 3. The van der Waals surface area contributed by atoms with E-state index in [1.165, 1.54) is 12.0 Å². The van der Waals surface area contributed by atoms with Crippen LogP contribution >= 0.6 is 34.5 Å². The molecule has 0 N–H and O–H groups in total. The molecule has 0 spiro atoms. The van der Waals surface area contributed by atoms with Crippen LogP contribution in [0.4, 0.5) is 0 Å². The van der Waals surface area contributed by atoms with Crippen LogP contribution in [0, 0.1) is 0 Å². The number of hydrogen-bond acceptors (Lipinski definition) is 2. The fraction of sp³-hybridized carbons (Fsp3) is 0.273. The van der Waals surface area contributed by atoms with Crippen LogP contribution in [0.1, 0.15) is 25.1 Å². The molecule has 2 heterocycles. The van der Waals surface area contributed by atoms with Gasteiger partial charge < -0.3 is 0 Å². The van der Waals surface area contributed by atoms with E-state index in [-0.39, 0.29) is 0 Å². The second-order valence-corrected chi connectivity index (χ2v) is 5.22.